The van der Waals surface area contributed by atoms with Gasteiger partial charge in [-0.15, -0.1) is 0 Å². The highest BCUT2D eigenvalue weighted by atomic mass is 16.5. The highest BCUT2D eigenvalue weighted by Crippen LogP contribution is 2.26. The lowest BCUT2D eigenvalue weighted by Crippen LogP contribution is -2.46. The van der Waals surface area contributed by atoms with E-state index in [2.05, 4.69) is 44.5 Å². The van der Waals surface area contributed by atoms with E-state index >= 15 is 0 Å². The predicted octanol–water partition coefficient (Wildman–Crippen LogP) is 2.09. The third-order valence-corrected chi connectivity index (χ3v) is 7.21. The van der Waals surface area contributed by atoms with Crippen LogP contribution in [-0.2, 0) is 17.7 Å². The standard InChI is InChI=1S/C25H33N5O3/c31-23-7-12-29(11-6-22(23)30-10-5-18-3-1-2-4-19(18)16-30)25(32)21-15-24(27-17-26-21)28-20-8-13-33-14-9-20/h1-4,15,17,20,22-23,31H,5-14,16H2,(H,26,27,28). The van der Waals surface area contributed by atoms with E-state index in [0.717, 1.165) is 52.0 Å². The van der Waals surface area contributed by atoms with Gasteiger partial charge in [-0.3, -0.25) is 9.69 Å². The number of likely N-dealkylation sites (tertiary alicyclic amines) is 1. The number of fused-ring (bicyclic) bond motifs is 1. The lowest BCUT2D eigenvalue weighted by Gasteiger charge is -2.37. The summed E-state index contributed by atoms with van der Waals surface area (Å²) in [6, 6.07) is 10.7. The molecule has 0 radical (unpaired) electrons. The molecule has 4 heterocycles. The first-order chi connectivity index (χ1) is 16.2. The smallest absolute Gasteiger partial charge is 0.272 e. The van der Waals surface area contributed by atoms with E-state index < -0.39 is 6.10 Å². The van der Waals surface area contributed by atoms with Gasteiger partial charge in [0.05, 0.1) is 6.10 Å². The number of carbonyl (C=O) groups is 1. The van der Waals surface area contributed by atoms with E-state index in [-0.39, 0.29) is 11.9 Å². The van der Waals surface area contributed by atoms with Crippen LogP contribution in [0.3, 0.4) is 0 Å². The Hall–Kier alpha value is -2.55. The van der Waals surface area contributed by atoms with Crippen molar-refractivity contribution >= 4 is 11.7 Å². The normalized spacial score (nSPS) is 24.7. The maximum atomic E-state index is 13.2. The Morgan fingerprint density at radius 2 is 1.82 bits per heavy atom. The van der Waals surface area contributed by atoms with Crippen molar-refractivity contribution in [2.45, 2.75) is 56.8 Å². The number of aliphatic hydroxyl groups excluding tert-OH is 1. The van der Waals surface area contributed by atoms with Gasteiger partial charge in [-0.25, -0.2) is 9.97 Å². The molecule has 1 aromatic heterocycles. The van der Waals surface area contributed by atoms with Crippen molar-refractivity contribution in [1.82, 2.24) is 19.8 Å². The van der Waals surface area contributed by atoms with Crippen LogP contribution in [0.5, 0.6) is 0 Å². The molecule has 2 fully saturated rings. The molecule has 8 nitrogen and oxygen atoms in total. The van der Waals surface area contributed by atoms with Crippen LogP contribution in [0.25, 0.3) is 0 Å². The number of benzene rings is 1. The lowest BCUT2D eigenvalue weighted by molar-refractivity contribution is 0.0394. The second-order valence-electron chi connectivity index (χ2n) is 9.31. The summed E-state index contributed by atoms with van der Waals surface area (Å²) >= 11 is 0. The number of hydrogen-bond acceptors (Lipinski definition) is 7. The summed E-state index contributed by atoms with van der Waals surface area (Å²) in [6.45, 7) is 4.45. The Kier molecular flexibility index (Phi) is 6.85. The quantitative estimate of drug-likeness (QED) is 0.736. The summed E-state index contributed by atoms with van der Waals surface area (Å²) < 4.78 is 5.41. The first-order valence-corrected chi connectivity index (χ1v) is 12.1. The monoisotopic (exact) mass is 451 g/mol. The molecule has 8 heteroatoms. The Morgan fingerprint density at radius 3 is 2.67 bits per heavy atom. The van der Waals surface area contributed by atoms with Crippen LogP contribution in [0.2, 0.25) is 0 Å². The molecular formula is C25H33N5O3. The molecule has 33 heavy (non-hydrogen) atoms. The minimum Gasteiger partial charge on any atom is -0.391 e. The van der Waals surface area contributed by atoms with E-state index in [0.29, 0.717) is 37.1 Å². The summed E-state index contributed by atoms with van der Waals surface area (Å²) in [7, 11) is 0. The second kappa shape index (κ2) is 10.2. The SMILES string of the molecule is O=C(c1cc(NC2CCOCC2)ncn1)N1CCC(O)C(N2CCc3ccccc3C2)CC1. The molecule has 2 saturated heterocycles. The average molecular weight is 452 g/mol. The Bertz CT molecular complexity index is 965. The number of rotatable bonds is 4. The molecule has 0 aliphatic carbocycles. The molecule has 2 atom stereocenters. The topological polar surface area (TPSA) is 90.8 Å². The highest BCUT2D eigenvalue weighted by molar-refractivity contribution is 5.92. The van der Waals surface area contributed by atoms with E-state index in [1.807, 2.05) is 4.90 Å². The van der Waals surface area contributed by atoms with Gasteiger partial charge in [0.1, 0.15) is 17.8 Å². The molecule has 3 aliphatic heterocycles. The summed E-state index contributed by atoms with van der Waals surface area (Å²) in [5.74, 6) is 0.587. The molecule has 1 amide bonds. The van der Waals surface area contributed by atoms with Gasteiger partial charge in [-0.05, 0) is 43.2 Å². The number of nitrogens with one attached hydrogen (secondary N) is 1. The largest absolute Gasteiger partial charge is 0.391 e. The fourth-order valence-corrected chi connectivity index (χ4v) is 5.27. The van der Waals surface area contributed by atoms with Crippen molar-refractivity contribution in [3.8, 4) is 0 Å². The van der Waals surface area contributed by atoms with Gasteiger partial charge in [0.2, 0.25) is 0 Å². The van der Waals surface area contributed by atoms with Crippen molar-refractivity contribution in [1.29, 1.82) is 0 Å². The molecule has 3 aliphatic rings. The number of amides is 1. The highest BCUT2D eigenvalue weighted by Gasteiger charge is 2.33. The first-order valence-electron chi connectivity index (χ1n) is 12.1. The minimum atomic E-state index is -0.441. The maximum absolute atomic E-state index is 13.2. The van der Waals surface area contributed by atoms with E-state index in [4.69, 9.17) is 4.74 Å². The Labute approximate surface area is 195 Å². The van der Waals surface area contributed by atoms with Crippen LogP contribution in [-0.4, -0.2) is 81.8 Å². The van der Waals surface area contributed by atoms with Crippen LogP contribution in [0.1, 0.15) is 47.3 Å². The van der Waals surface area contributed by atoms with E-state index in [9.17, 15) is 9.90 Å². The number of carbonyl (C=O) groups excluding carboxylic acids is 1. The van der Waals surface area contributed by atoms with Gasteiger partial charge in [-0.1, -0.05) is 24.3 Å². The zero-order valence-corrected chi connectivity index (χ0v) is 19.0. The van der Waals surface area contributed by atoms with E-state index in [1.54, 1.807) is 6.07 Å². The van der Waals surface area contributed by atoms with Crippen molar-refractivity contribution in [3.05, 3.63) is 53.5 Å². The van der Waals surface area contributed by atoms with Crippen LogP contribution in [0.15, 0.2) is 36.7 Å². The number of anilines is 1. The summed E-state index contributed by atoms with van der Waals surface area (Å²) in [5.41, 5.74) is 3.15. The molecular weight excluding hydrogens is 418 g/mol. The summed E-state index contributed by atoms with van der Waals surface area (Å²) in [4.78, 5) is 26.0. The molecule has 0 spiro atoms. The third-order valence-electron chi connectivity index (χ3n) is 7.21. The molecule has 2 N–H and O–H groups in total. The number of hydrogen-bond donors (Lipinski definition) is 2. The molecule has 2 aromatic rings. The van der Waals surface area contributed by atoms with Gasteiger partial charge < -0.3 is 20.1 Å². The first kappa shape index (κ1) is 22.3. The van der Waals surface area contributed by atoms with E-state index in [1.165, 1.54) is 17.5 Å². The Morgan fingerprint density at radius 1 is 1.03 bits per heavy atom. The van der Waals surface area contributed by atoms with Gasteiger partial charge in [0, 0.05) is 57.5 Å². The Balaban J connectivity index is 1.22. The fraction of sp³-hybridized carbons (Fsp3) is 0.560. The van der Waals surface area contributed by atoms with Gasteiger partial charge in [-0.2, -0.15) is 0 Å². The van der Waals surface area contributed by atoms with Crippen molar-refractivity contribution in [2.24, 2.45) is 0 Å². The zero-order chi connectivity index (χ0) is 22.6. The maximum Gasteiger partial charge on any atom is 0.272 e. The molecule has 0 bridgehead atoms. The second-order valence-corrected chi connectivity index (χ2v) is 9.31. The van der Waals surface area contributed by atoms with Gasteiger partial charge in [0.15, 0.2) is 0 Å². The summed E-state index contributed by atoms with van der Waals surface area (Å²) in [6.07, 6.45) is 5.21. The summed E-state index contributed by atoms with van der Waals surface area (Å²) in [5, 5.41) is 14.3. The molecule has 0 saturated carbocycles. The van der Waals surface area contributed by atoms with Crippen LogP contribution in [0, 0.1) is 0 Å². The van der Waals surface area contributed by atoms with Crippen molar-refractivity contribution < 1.29 is 14.6 Å². The van der Waals surface area contributed by atoms with Crippen LogP contribution >= 0.6 is 0 Å². The molecule has 1 aromatic carbocycles. The lowest BCUT2D eigenvalue weighted by atomic mass is 9.96. The third kappa shape index (κ3) is 5.18. The van der Waals surface area contributed by atoms with Crippen LogP contribution in [0.4, 0.5) is 5.82 Å². The van der Waals surface area contributed by atoms with Crippen molar-refractivity contribution in [2.75, 3.05) is 38.2 Å². The number of aliphatic hydroxyl groups is 1. The molecule has 5 rings (SSSR count). The number of nitrogens with zero attached hydrogens (tertiary/aromatic N) is 4. The molecule has 2 unspecified atom stereocenters. The predicted molar refractivity (Wildman–Crippen MR) is 125 cm³/mol. The minimum absolute atomic E-state index is 0.0623. The fourth-order valence-electron chi connectivity index (χ4n) is 5.27. The van der Waals surface area contributed by atoms with Gasteiger partial charge >= 0.3 is 0 Å². The molecule has 176 valence electrons. The average Bonchev–Trinajstić information content (AvgIpc) is 3.05. The number of aromatic nitrogens is 2. The van der Waals surface area contributed by atoms with Gasteiger partial charge in [0.25, 0.3) is 5.91 Å². The van der Waals surface area contributed by atoms with Crippen LogP contribution < -0.4 is 5.32 Å². The zero-order valence-electron chi connectivity index (χ0n) is 19.0. The van der Waals surface area contributed by atoms with Crippen molar-refractivity contribution in [3.63, 3.8) is 0 Å². The number of ether oxygens (including phenoxy) is 1.